The molecule has 7 nitrogen and oxygen atoms in total. The van der Waals surface area contributed by atoms with E-state index in [1.54, 1.807) is 17.1 Å². The van der Waals surface area contributed by atoms with Crippen molar-refractivity contribution in [2.45, 2.75) is 32.2 Å². The topological polar surface area (TPSA) is 95.9 Å². The fourth-order valence-corrected chi connectivity index (χ4v) is 3.99. The average molecular weight is 507 g/mol. The van der Waals surface area contributed by atoms with Crippen molar-refractivity contribution in [2.24, 2.45) is 11.8 Å². The number of carbonyl (C=O) groups is 3. The van der Waals surface area contributed by atoms with Crippen molar-refractivity contribution in [3.8, 4) is 0 Å². The molecule has 2 atom stereocenters. The molecule has 2 aromatic rings. The molecule has 0 saturated heterocycles. The van der Waals surface area contributed by atoms with Crippen LogP contribution in [-0.2, 0) is 32.1 Å². The summed E-state index contributed by atoms with van der Waals surface area (Å²) in [4.78, 5) is 39.9. The van der Waals surface area contributed by atoms with Gasteiger partial charge in [-0.25, -0.2) is 0 Å². The highest BCUT2D eigenvalue weighted by Crippen LogP contribution is 2.16. The molecule has 0 aromatic heterocycles. The molecule has 198 valence electrons. The zero-order chi connectivity index (χ0) is 26.9. The van der Waals surface area contributed by atoms with E-state index in [9.17, 15) is 19.5 Å². The second-order valence-corrected chi connectivity index (χ2v) is 8.82. The maximum atomic E-state index is 13.0. The number of hydrogen-bond donors (Lipinski definition) is 2. The van der Waals surface area contributed by atoms with Crippen LogP contribution < -0.4 is 5.32 Å². The Hall–Kier alpha value is -3.71. The van der Waals surface area contributed by atoms with Gasteiger partial charge in [-0.15, -0.1) is 13.2 Å². The van der Waals surface area contributed by atoms with Gasteiger partial charge >= 0.3 is 5.97 Å². The van der Waals surface area contributed by atoms with Crippen LogP contribution in [0.1, 0.15) is 30.4 Å². The summed E-state index contributed by atoms with van der Waals surface area (Å²) < 4.78 is 5.41. The van der Waals surface area contributed by atoms with Gasteiger partial charge in [0.05, 0.1) is 25.0 Å². The van der Waals surface area contributed by atoms with Crippen LogP contribution in [-0.4, -0.2) is 54.1 Å². The van der Waals surface area contributed by atoms with Crippen molar-refractivity contribution in [3.05, 3.63) is 97.1 Å². The first-order chi connectivity index (χ1) is 18.0. The van der Waals surface area contributed by atoms with Crippen molar-refractivity contribution >= 4 is 17.8 Å². The molecule has 0 heterocycles. The maximum absolute atomic E-state index is 13.0. The molecule has 2 rings (SSSR count). The number of esters is 1. The van der Waals surface area contributed by atoms with Crippen molar-refractivity contribution in [2.75, 3.05) is 26.3 Å². The Morgan fingerprint density at radius 2 is 1.51 bits per heavy atom. The number of carbonyl (C=O) groups excluding carboxylic acids is 3. The zero-order valence-corrected chi connectivity index (χ0v) is 21.4. The first kappa shape index (κ1) is 29.5. The number of rotatable bonds is 17. The van der Waals surface area contributed by atoms with Crippen LogP contribution in [0.2, 0.25) is 0 Å². The van der Waals surface area contributed by atoms with Gasteiger partial charge in [-0.1, -0.05) is 72.8 Å². The van der Waals surface area contributed by atoms with Crippen LogP contribution in [0, 0.1) is 11.8 Å². The number of nitrogens with one attached hydrogen (secondary N) is 1. The predicted octanol–water partition coefficient (Wildman–Crippen LogP) is 3.68. The summed E-state index contributed by atoms with van der Waals surface area (Å²) in [6, 6.07) is 19.2. The number of hydrogen-bond acceptors (Lipinski definition) is 5. The Morgan fingerprint density at radius 3 is 2.11 bits per heavy atom. The van der Waals surface area contributed by atoms with E-state index in [0.29, 0.717) is 25.8 Å². The Bertz CT molecular complexity index is 994. The molecule has 0 bridgehead atoms. The molecule has 2 unspecified atom stereocenters. The summed E-state index contributed by atoms with van der Waals surface area (Å²) >= 11 is 0. The number of nitrogens with zero attached hydrogens (tertiary/aromatic N) is 1. The smallest absolute Gasteiger partial charge is 0.309 e. The number of ether oxygens (including phenoxy) is 1. The highest BCUT2D eigenvalue weighted by atomic mass is 16.5. The lowest BCUT2D eigenvalue weighted by Gasteiger charge is -2.24. The summed E-state index contributed by atoms with van der Waals surface area (Å²) in [5.74, 6) is -1.82. The third-order valence-corrected chi connectivity index (χ3v) is 5.94. The number of aliphatic hydroxyl groups excluding tert-OH is 1. The third-order valence-electron chi connectivity index (χ3n) is 5.94. The van der Waals surface area contributed by atoms with E-state index in [1.807, 2.05) is 60.7 Å². The number of allylic oxidation sites excluding steroid dienone is 2. The van der Waals surface area contributed by atoms with Gasteiger partial charge < -0.3 is 20.1 Å². The third kappa shape index (κ3) is 10.8. The van der Waals surface area contributed by atoms with Gasteiger partial charge in [-0.05, 0) is 30.4 Å². The standard InChI is InChI=1S/C30H38N2O5/c1-3-11-26(22-28(34)32(18-19-33)23-25-15-9-6-10-16-25)29(35)31-17-20-37-30(36)27(12-4-2)21-24-13-7-5-8-14-24/h3-10,13-16,26-27,33H,1-2,11-12,17-23H2,(H,31,35). The average Bonchev–Trinajstić information content (AvgIpc) is 2.91. The molecule has 0 aliphatic rings. The van der Waals surface area contributed by atoms with Crippen molar-refractivity contribution in [1.82, 2.24) is 10.2 Å². The van der Waals surface area contributed by atoms with Crippen molar-refractivity contribution in [1.29, 1.82) is 0 Å². The molecule has 0 spiro atoms. The maximum Gasteiger partial charge on any atom is 0.309 e. The summed E-state index contributed by atoms with van der Waals surface area (Å²) in [6.07, 6.45) is 4.67. The number of benzene rings is 2. The summed E-state index contributed by atoms with van der Waals surface area (Å²) in [5.41, 5.74) is 1.98. The van der Waals surface area contributed by atoms with Crippen molar-refractivity contribution in [3.63, 3.8) is 0 Å². The van der Waals surface area contributed by atoms with Crippen LogP contribution in [0.4, 0.5) is 0 Å². The van der Waals surface area contributed by atoms with Crippen molar-refractivity contribution < 1.29 is 24.2 Å². The minimum Gasteiger partial charge on any atom is -0.464 e. The monoisotopic (exact) mass is 506 g/mol. The first-order valence-electron chi connectivity index (χ1n) is 12.6. The van der Waals surface area contributed by atoms with Crippen LogP contribution in [0.25, 0.3) is 0 Å². The van der Waals surface area contributed by atoms with Gasteiger partial charge in [0.2, 0.25) is 11.8 Å². The molecule has 2 N–H and O–H groups in total. The normalized spacial score (nSPS) is 12.1. The Kier molecular flexibility index (Phi) is 13.5. The Morgan fingerprint density at radius 1 is 0.919 bits per heavy atom. The van der Waals surface area contributed by atoms with Crippen LogP contribution in [0.5, 0.6) is 0 Å². The summed E-state index contributed by atoms with van der Waals surface area (Å²) in [5, 5.41) is 12.2. The molecule has 0 radical (unpaired) electrons. The second kappa shape index (κ2) is 16.9. The molecule has 0 saturated carbocycles. The molecule has 37 heavy (non-hydrogen) atoms. The van der Waals surface area contributed by atoms with E-state index in [1.165, 1.54) is 0 Å². The Labute approximate surface area is 219 Å². The van der Waals surface area contributed by atoms with E-state index < -0.39 is 5.92 Å². The van der Waals surface area contributed by atoms with E-state index in [4.69, 9.17) is 4.74 Å². The number of aliphatic hydroxyl groups is 1. The van der Waals surface area contributed by atoms with Gasteiger partial charge in [0.25, 0.3) is 0 Å². The molecule has 0 fully saturated rings. The van der Waals surface area contributed by atoms with Gasteiger partial charge in [0.15, 0.2) is 0 Å². The lowest BCUT2D eigenvalue weighted by molar-refractivity contribution is -0.148. The van der Waals surface area contributed by atoms with Gasteiger partial charge in [-0.2, -0.15) is 0 Å². The molecule has 7 heteroatoms. The molecular weight excluding hydrogens is 468 g/mol. The molecular formula is C30H38N2O5. The van der Waals surface area contributed by atoms with Crippen LogP contribution in [0.15, 0.2) is 86.0 Å². The van der Waals surface area contributed by atoms with Gasteiger partial charge in [0.1, 0.15) is 6.61 Å². The summed E-state index contributed by atoms with van der Waals surface area (Å²) in [6.45, 7) is 7.99. The minimum absolute atomic E-state index is 0.0110. The van der Waals surface area contributed by atoms with Crippen LogP contribution >= 0.6 is 0 Å². The molecule has 0 aliphatic heterocycles. The van der Waals surface area contributed by atoms with E-state index >= 15 is 0 Å². The van der Waals surface area contributed by atoms with Gasteiger partial charge in [-0.3, -0.25) is 14.4 Å². The minimum atomic E-state index is -0.607. The fourth-order valence-electron chi connectivity index (χ4n) is 3.99. The quantitative estimate of drug-likeness (QED) is 0.194. The zero-order valence-electron chi connectivity index (χ0n) is 21.4. The SMILES string of the molecule is C=CCC(CC(=O)N(CCO)Cc1ccccc1)C(=O)NCCOC(=O)C(CC=C)Cc1ccccc1. The first-order valence-corrected chi connectivity index (χ1v) is 12.6. The lowest BCUT2D eigenvalue weighted by Crippen LogP contribution is -2.39. The largest absolute Gasteiger partial charge is 0.464 e. The van der Waals surface area contributed by atoms with E-state index in [-0.39, 0.29) is 56.4 Å². The van der Waals surface area contributed by atoms with Gasteiger partial charge in [0, 0.05) is 19.5 Å². The van der Waals surface area contributed by atoms with Crippen LogP contribution in [0.3, 0.4) is 0 Å². The summed E-state index contributed by atoms with van der Waals surface area (Å²) in [7, 11) is 0. The number of amides is 2. The fraction of sp³-hybridized carbons (Fsp3) is 0.367. The second-order valence-electron chi connectivity index (χ2n) is 8.82. The highest BCUT2D eigenvalue weighted by molar-refractivity contribution is 5.86. The predicted molar refractivity (Wildman–Crippen MR) is 144 cm³/mol. The van der Waals surface area contributed by atoms with E-state index in [2.05, 4.69) is 18.5 Å². The molecule has 2 aromatic carbocycles. The Balaban J connectivity index is 1.85. The highest BCUT2D eigenvalue weighted by Gasteiger charge is 2.24. The van der Waals surface area contributed by atoms with E-state index in [0.717, 1.165) is 11.1 Å². The molecule has 0 aliphatic carbocycles. The lowest BCUT2D eigenvalue weighted by atomic mass is 9.96. The molecule has 2 amide bonds.